The van der Waals surface area contributed by atoms with Gasteiger partial charge in [0.05, 0.1) is 36.5 Å². The zero-order valence-electron chi connectivity index (χ0n) is 25.4. The lowest BCUT2D eigenvalue weighted by atomic mass is 9.94. The van der Waals surface area contributed by atoms with Gasteiger partial charge < -0.3 is 9.47 Å². The summed E-state index contributed by atoms with van der Waals surface area (Å²) in [6.45, 7) is 6.59. The lowest BCUT2D eigenvalue weighted by molar-refractivity contribution is -0.143. The van der Waals surface area contributed by atoms with E-state index >= 15 is 0 Å². The molecule has 0 saturated carbocycles. The molecular formula is C32H31F7N4O3. The van der Waals surface area contributed by atoms with E-state index in [0.717, 1.165) is 4.90 Å². The molecule has 0 unspecified atom stereocenters. The SMILES string of the molecule is C/C=C\C=N\Nc1ccc(-c2cc(C(C)C)c(F)cc2OC)c(CN2C(=O)O[C@H](c3cc(C(F)(F)F)cc(C(F)(F)F)c3)[C@@H]2C)n1. The Morgan fingerprint density at radius 2 is 1.70 bits per heavy atom. The van der Waals surface area contributed by atoms with Gasteiger partial charge in [0.1, 0.15) is 23.5 Å². The molecule has 7 nitrogen and oxygen atoms in total. The van der Waals surface area contributed by atoms with Crippen LogP contribution in [0.5, 0.6) is 5.75 Å². The largest absolute Gasteiger partial charge is 0.496 e. The van der Waals surface area contributed by atoms with Gasteiger partial charge in [0.15, 0.2) is 0 Å². The Kier molecular flexibility index (Phi) is 9.97. The van der Waals surface area contributed by atoms with Crippen LogP contribution in [0.2, 0.25) is 0 Å². The fourth-order valence-electron chi connectivity index (χ4n) is 5.02. The molecule has 14 heteroatoms. The number of alkyl halides is 6. The third-order valence-electron chi connectivity index (χ3n) is 7.39. The maximum absolute atomic E-state index is 14.9. The van der Waals surface area contributed by atoms with Gasteiger partial charge >= 0.3 is 18.4 Å². The summed E-state index contributed by atoms with van der Waals surface area (Å²) in [7, 11) is 1.36. The lowest BCUT2D eigenvalue weighted by Gasteiger charge is -2.24. The van der Waals surface area contributed by atoms with Crippen LogP contribution in [0.1, 0.15) is 67.7 Å². The lowest BCUT2D eigenvalue weighted by Crippen LogP contribution is -2.32. The zero-order chi connectivity index (χ0) is 34.0. The summed E-state index contributed by atoms with van der Waals surface area (Å²) >= 11 is 0. The van der Waals surface area contributed by atoms with E-state index in [1.165, 1.54) is 26.3 Å². The van der Waals surface area contributed by atoms with Crippen LogP contribution in [0.15, 0.2) is 59.7 Å². The van der Waals surface area contributed by atoms with Gasteiger partial charge in [0.2, 0.25) is 0 Å². The van der Waals surface area contributed by atoms with Crippen molar-refractivity contribution in [2.75, 3.05) is 12.5 Å². The molecule has 0 radical (unpaired) electrons. The quantitative estimate of drug-likeness (QED) is 0.142. The summed E-state index contributed by atoms with van der Waals surface area (Å²) in [5.74, 6) is -0.253. The summed E-state index contributed by atoms with van der Waals surface area (Å²) in [6.07, 6.45) is -7.70. The molecule has 2 heterocycles. The van der Waals surface area contributed by atoms with Crippen molar-refractivity contribution in [2.45, 2.75) is 64.7 Å². The van der Waals surface area contributed by atoms with E-state index in [0.29, 0.717) is 28.8 Å². The van der Waals surface area contributed by atoms with Crippen molar-refractivity contribution >= 4 is 18.1 Å². The first-order valence-electron chi connectivity index (χ1n) is 14.1. The number of rotatable bonds is 9. The molecule has 1 aliphatic heterocycles. The second-order valence-electron chi connectivity index (χ2n) is 10.8. The zero-order valence-corrected chi connectivity index (χ0v) is 25.4. The van der Waals surface area contributed by atoms with E-state index in [-0.39, 0.29) is 35.8 Å². The molecule has 1 saturated heterocycles. The minimum atomic E-state index is -5.08. The number of benzene rings is 2. The van der Waals surface area contributed by atoms with E-state index in [1.807, 2.05) is 13.8 Å². The highest BCUT2D eigenvalue weighted by atomic mass is 19.4. The monoisotopic (exact) mass is 652 g/mol. The standard InChI is InChI=1S/C32H31F7N4O3/c1-6-7-10-40-42-28-9-8-22(24-14-23(17(2)3)25(33)15-27(24)45-5)26(41-28)16-43-18(4)29(46-30(43)44)19-11-20(31(34,35)36)13-21(12-19)32(37,38)39/h6-15,17-18,29H,16H2,1-5H3,(H,41,42)/b7-6-,40-10+/t18-,29-/m0/s1. The third kappa shape index (κ3) is 7.43. The normalized spacial score (nSPS) is 17.4. The van der Waals surface area contributed by atoms with Gasteiger partial charge in [-0.1, -0.05) is 19.9 Å². The number of aromatic nitrogens is 1. The first kappa shape index (κ1) is 34.3. The molecule has 4 rings (SSSR count). The average Bonchev–Trinajstić information content (AvgIpc) is 3.26. The van der Waals surface area contributed by atoms with Gasteiger partial charge in [-0.3, -0.25) is 10.3 Å². The number of methoxy groups -OCH3 is 1. The highest BCUT2D eigenvalue weighted by Gasteiger charge is 2.43. The molecule has 1 N–H and O–H groups in total. The van der Waals surface area contributed by atoms with Crippen LogP contribution < -0.4 is 10.2 Å². The van der Waals surface area contributed by atoms with Gasteiger partial charge in [-0.05, 0) is 73.4 Å². The van der Waals surface area contributed by atoms with Crippen molar-refractivity contribution in [1.82, 2.24) is 9.88 Å². The Hall–Kier alpha value is -4.62. The Labute approximate surface area is 260 Å². The predicted molar refractivity (Wildman–Crippen MR) is 158 cm³/mol. The number of cyclic esters (lactones) is 1. The van der Waals surface area contributed by atoms with Crippen molar-refractivity contribution in [3.05, 3.63) is 88.4 Å². The van der Waals surface area contributed by atoms with E-state index in [9.17, 15) is 35.5 Å². The molecule has 246 valence electrons. The molecule has 2 aromatic carbocycles. The molecule has 1 fully saturated rings. The molecule has 0 aliphatic carbocycles. The van der Waals surface area contributed by atoms with Crippen LogP contribution in [0.3, 0.4) is 0 Å². The molecule has 0 spiro atoms. The fourth-order valence-corrected chi connectivity index (χ4v) is 5.02. The average molecular weight is 653 g/mol. The van der Waals surface area contributed by atoms with Gasteiger partial charge in [0, 0.05) is 23.4 Å². The number of nitrogens with one attached hydrogen (secondary N) is 1. The molecule has 0 bridgehead atoms. The van der Waals surface area contributed by atoms with Gasteiger partial charge in [-0.15, -0.1) is 0 Å². The Bertz CT molecular complexity index is 1620. The predicted octanol–water partition coefficient (Wildman–Crippen LogP) is 9.11. The van der Waals surface area contributed by atoms with Crippen molar-refractivity contribution in [2.24, 2.45) is 5.10 Å². The number of hydrazone groups is 1. The summed E-state index contributed by atoms with van der Waals surface area (Å²) in [5.41, 5.74) is 0.761. The first-order chi connectivity index (χ1) is 21.5. The number of ether oxygens (including phenoxy) is 2. The molecular weight excluding hydrogens is 621 g/mol. The second kappa shape index (κ2) is 13.4. The van der Waals surface area contributed by atoms with Crippen molar-refractivity contribution in [3.8, 4) is 16.9 Å². The van der Waals surface area contributed by atoms with Crippen molar-refractivity contribution in [3.63, 3.8) is 0 Å². The number of carbonyl (C=O) groups is 1. The molecule has 1 amide bonds. The van der Waals surface area contributed by atoms with E-state index in [2.05, 4.69) is 15.5 Å². The summed E-state index contributed by atoms with van der Waals surface area (Å²) < 4.78 is 107. The van der Waals surface area contributed by atoms with Crippen LogP contribution in [-0.2, 0) is 23.6 Å². The number of allylic oxidation sites excluding steroid dienone is 2. The number of hydrogen-bond acceptors (Lipinski definition) is 6. The minimum Gasteiger partial charge on any atom is -0.496 e. The van der Waals surface area contributed by atoms with Crippen LogP contribution in [0.4, 0.5) is 41.3 Å². The maximum Gasteiger partial charge on any atom is 0.416 e. The van der Waals surface area contributed by atoms with Gasteiger partial charge in [-0.2, -0.15) is 31.4 Å². The van der Waals surface area contributed by atoms with Crippen LogP contribution >= 0.6 is 0 Å². The van der Waals surface area contributed by atoms with Crippen LogP contribution in [0, 0.1) is 5.82 Å². The maximum atomic E-state index is 14.9. The molecule has 2 atom stereocenters. The number of halogens is 7. The summed E-state index contributed by atoms with van der Waals surface area (Å²) in [6, 6.07) is 6.17. The molecule has 46 heavy (non-hydrogen) atoms. The highest BCUT2D eigenvalue weighted by Crippen LogP contribution is 2.42. The van der Waals surface area contributed by atoms with Crippen molar-refractivity contribution in [1.29, 1.82) is 0 Å². The van der Waals surface area contributed by atoms with Gasteiger partial charge in [0.25, 0.3) is 0 Å². The van der Waals surface area contributed by atoms with E-state index in [4.69, 9.17) is 9.47 Å². The Balaban J connectivity index is 1.79. The number of amides is 1. The summed E-state index contributed by atoms with van der Waals surface area (Å²) in [5, 5.41) is 4.04. The second-order valence-corrected chi connectivity index (χ2v) is 10.8. The number of hydrogen-bond donors (Lipinski definition) is 1. The fraction of sp³-hybridized carbons (Fsp3) is 0.344. The topological polar surface area (TPSA) is 76.1 Å². The van der Waals surface area contributed by atoms with Gasteiger partial charge in [-0.25, -0.2) is 14.2 Å². The molecule has 3 aromatic rings. The third-order valence-corrected chi connectivity index (χ3v) is 7.39. The number of anilines is 1. The minimum absolute atomic E-state index is 0.0116. The van der Waals surface area contributed by atoms with E-state index < -0.39 is 53.1 Å². The number of nitrogens with zero attached hydrogens (tertiary/aromatic N) is 3. The van der Waals surface area contributed by atoms with Crippen molar-refractivity contribution < 1.29 is 45.0 Å². The molecule has 1 aromatic heterocycles. The Morgan fingerprint density at radius 3 is 2.26 bits per heavy atom. The number of pyridine rings is 1. The van der Waals surface area contributed by atoms with Crippen LogP contribution in [-0.4, -0.2) is 35.3 Å². The Morgan fingerprint density at radius 1 is 1.04 bits per heavy atom. The number of carbonyl (C=O) groups excluding carboxylic acids is 1. The highest BCUT2D eigenvalue weighted by molar-refractivity contribution is 5.76. The first-order valence-corrected chi connectivity index (χ1v) is 14.1. The smallest absolute Gasteiger partial charge is 0.416 e. The molecule has 1 aliphatic rings. The van der Waals surface area contributed by atoms with E-state index in [1.54, 1.807) is 37.3 Å². The summed E-state index contributed by atoms with van der Waals surface area (Å²) in [4.78, 5) is 18.9. The van der Waals surface area contributed by atoms with Crippen LogP contribution in [0.25, 0.3) is 11.1 Å².